The van der Waals surface area contributed by atoms with Crippen molar-refractivity contribution in [1.82, 2.24) is 4.72 Å². The normalized spacial score (nSPS) is 13.3. The summed E-state index contributed by atoms with van der Waals surface area (Å²) in [7, 11) is -3.75. The van der Waals surface area contributed by atoms with Gasteiger partial charge < -0.3 is 5.11 Å². The summed E-state index contributed by atoms with van der Waals surface area (Å²) in [5, 5.41) is 11.2. The minimum atomic E-state index is -3.75. The zero-order chi connectivity index (χ0) is 15.5. The van der Waals surface area contributed by atoms with Crippen LogP contribution >= 0.6 is 22.9 Å². The molecule has 0 spiro atoms. The Balaban J connectivity index is 2.34. The minimum absolute atomic E-state index is 0.00859. The molecule has 0 amide bonds. The highest BCUT2D eigenvalue weighted by Gasteiger charge is 2.23. The molecule has 0 aliphatic carbocycles. The van der Waals surface area contributed by atoms with Crippen molar-refractivity contribution in [2.45, 2.75) is 30.9 Å². The van der Waals surface area contributed by atoms with Gasteiger partial charge in [-0.25, -0.2) is 13.1 Å². The third-order valence-corrected chi connectivity index (χ3v) is 6.00. The quantitative estimate of drug-likeness (QED) is 0.844. The first-order valence-electron chi connectivity index (χ1n) is 6.43. The van der Waals surface area contributed by atoms with E-state index >= 15 is 0 Å². The number of thiophene rings is 1. The van der Waals surface area contributed by atoms with Crippen molar-refractivity contribution >= 4 is 33.0 Å². The van der Waals surface area contributed by atoms with Gasteiger partial charge in [-0.15, -0.1) is 11.3 Å². The summed E-state index contributed by atoms with van der Waals surface area (Å²) in [6, 6.07) is 7.96. The summed E-state index contributed by atoms with van der Waals surface area (Å²) < 4.78 is 27.7. The average molecular weight is 346 g/mol. The Morgan fingerprint density at radius 1 is 1.38 bits per heavy atom. The lowest BCUT2D eigenvalue weighted by Crippen LogP contribution is -2.28. The molecular weight excluding hydrogens is 330 g/mol. The van der Waals surface area contributed by atoms with Crippen molar-refractivity contribution in [3.05, 3.63) is 51.2 Å². The van der Waals surface area contributed by atoms with Crippen LogP contribution in [0.2, 0.25) is 5.02 Å². The van der Waals surface area contributed by atoms with E-state index in [0.717, 1.165) is 4.88 Å². The third-order valence-electron chi connectivity index (χ3n) is 3.06. The van der Waals surface area contributed by atoms with Crippen molar-refractivity contribution in [2.24, 2.45) is 0 Å². The molecule has 0 aliphatic rings. The second kappa shape index (κ2) is 6.89. The Bertz CT molecular complexity index is 699. The number of hydrogen-bond donors (Lipinski definition) is 2. The highest BCUT2D eigenvalue weighted by molar-refractivity contribution is 7.89. The number of sulfonamides is 1. The summed E-state index contributed by atoms with van der Waals surface area (Å²) in [6.07, 6.45) is 0.636. The number of benzene rings is 1. The summed E-state index contributed by atoms with van der Waals surface area (Å²) in [5.74, 6) is 0. The monoisotopic (exact) mass is 345 g/mol. The van der Waals surface area contributed by atoms with Crippen LogP contribution in [0.4, 0.5) is 0 Å². The largest absolute Gasteiger partial charge is 0.392 e. The van der Waals surface area contributed by atoms with E-state index < -0.39 is 10.0 Å². The fraction of sp³-hybridized carbons (Fsp3) is 0.286. The Morgan fingerprint density at radius 2 is 2.14 bits per heavy atom. The van der Waals surface area contributed by atoms with Crippen molar-refractivity contribution in [3.63, 3.8) is 0 Å². The fourth-order valence-corrected chi connectivity index (χ4v) is 4.72. The number of rotatable bonds is 6. The zero-order valence-electron chi connectivity index (χ0n) is 11.4. The molecular formula is C14H16ClNO3S2. The van der Waals surface area contributed by atoms with Gasteiger partial charge in [0.15, 0.2) is 0 Å². The molecule has 0 aliphatic heterocycles. The maximum Gasteiger partial charge on any atom is 0.242 e. The van der Waals surface area contributed by atoms with Gasteiger partial charge in [0, 0.05) is 4.88 Å². The minimum Gasteiger partial charge on any atom is -0.392 e. The molecule has 7 heteroatoms. The van der Waals surface area contributed by atoms with Gasteiger partial charge >= 0.3 is 0 Å². The molecule has 1 heterocycles. The van der Waals surface area contributed by atoms with Crippen LogP contribution in [0.15, 0.2) is 40.6 Å². The number of hydrogen-bond acceptors (Lipinski definition) is 4. The molecule has 4 nitrogen and oxygen atoms in total. The number of halogens is 1. The highest BCUT2D eigenvalue weighted by Crippen LogP contribution is 2.27. The van der Waals surface area contributed by atoms with Gasteiger partial charge in [-0.1, -0.05) is 30.7 Å². The molecule has 1 unspecified atom stereocenters. The standard InChI is InChI=1S/C14H16ClNO3S2/c1-2-12(13-4-3-7-20-13)16-21(18,19)14-8-10(9-17)5-6-11(14)15/h3-8,12,16-17H,2,9H2,1H3. The second-order valence-electron chi connectivity index (χ2n) is 4.52. The van der Waals surface area contributed by atoms with Crippen molar-refractivity contribution in [2.75, 3.05) is 0 Å². The van der Waals surface area contributed by atoms with Crippen LogP contribution in [0.3, 0.4) is 0 Å². The summed E-state index contributed by atoms with van der Waals surface area (Å²) in [5.41, 5.74) is 0.504. The Morgan fingerprint density at radius 3 is 2.71 bits per heavy atom. The van der Waals surface area contributed by atoms with E-state index in [1.54, 1.807) is 6.07 Å². The molecule has 1 aromatic carbocycles. The third kappa shape index (κ3) is 3.84. The molecule has 0 saturated carbocycles. The maximum absolute atomic E-state index is 12.5. The first kappa shape index (κ1) is 16.5. The van der Waals surface area contributed by atoms with Gasteiger partial charge in [-0.2, -0.15) is 0 Å². The van der Waals surface area contributed by atoms with Crippen LogP contribution in [0.5, 0.6) is 0 Å². The highest BCUT2D eigenvalue weighted by atomic mass is 35.5. The van der Waals surface area contributed by atoms with E-state index in [4.69, 9.17) is 16.7 Å². The van der Waals surface area contributed by atoms with Crippen LogP contribution in [0.1, 0.15) is 29.8 Å². The molecule has 1 aromatic heterocycles. The molecule has 0 radical (unpaired) electrons. The molecule has 114 valence electrons. The number of aliphatic hydroxyl groups is 1. The van der Waals surface area contributed by atoms with Gasteiger partial charge in [0.2, 0.25) is 10.0 Å². The Hall–Kier alpha value is -0.920. The van der Waals surface area contributed by atoms with Gasteiger partial charge in [0.05, 0.1) is 17.7 Å². The fourth-order valence-electron chi connectivity index (χ4n) is 1.93. The van der Waals surface area contributed by atoms with E-state index in [1.165, 1.54) is 23.5 Å². The summed E-state index contributed by atoms with van der Waals surface area (Å²) >= 11 is 7.49. The molecule has 0 fully saturated rings. The molecule has 2 rings (SSSR count). The lowest BCUT2D eigenvalue weighted by molar-refractivity contribution is 0.281. The predicted molar refractivity (Wildman–Crippen MR) is 85.0 cm³/mol. The lowest BCUT2D eigenvalue weighted by Gasteiger charge is -2.16. The summed E-state index contributed by atoms with van der Waals surface area (Å²) in [4.78, 5) is 0.946. The van der Waals surface area contributed by atoms with Crippen LogP contribution < -0.4 is 4.72 Å². The first-order valence-corrected chi connectivity index (χ1v) is 9.17. The lowest BCUT2D eigenvalue weighted by atomic mass is 10.2. The molecule has 2 aromatic rings. The maximum atomic E-state index is 12.5. The molecule has 1 atom stereocenters. The van der Waals surface area contributed by atoms with Crippen molar-refractivity contribution < 1.29 is 13.5 Å². The molecule has 0 bridgehead atoms. The Labute approximate surface area is 133 Å². The van der Waals surface area contributed by atoms with E-state index in [2.05, 4.69) is 4.72 Å². The van der Waals surface area contributed by atoms with Crippen LogP contribution in [-0.4, -0.2) is 13.5 Å². The van der Waals surface area contributed by atoms with Crippen LogP contribution in [-0.2, 0) is 16.6 Å². The van der Waals surface area contributed by atoms with Gasteiger partial charge in [0.25, 0.3) is 0 Å². The van der Waals surface area contributed by atoms with E-state index in [0.29, 0.717) is 12.0 Å². The number of nitrogens with one attached hydrogen (secondary N) is 1. The topological polar surface area (TPSA) is 66.4 Å². The van der Waals surface area contributed by atoms with Crippen LogP contribution in [0, 0.1) is 0 Å². The zero-order valence-corrected chi connectivity index (χ0v) is 13.8. The van der Waals surface area contributed by atoms with E-state index in [-0.39, 0.29) is 22.6 Å². The van der Waals surface area contributed by atoms with Crippen molar-refractivity contribution in [3.8, 4) is 0 Å². The van der Waals surface area contributed by atoms with Gasteiger partial charge in [-0.3, -0.25) is 0 Å². The van der Waals surface area contributed by atoms with Gasteiger partial charge in [-0.05, 0) is 35.6 Å². The number of aliphatic hydroxyl groups excluding tert-OH is 1. The predicted octanol–water partition coefficient (Wildman–Crippen LogP) is 3.32. The summed E-state index contributed by atoms with van der Waals surface area (Å²) in [6.45, 7) is 1.68. The molecule has 21 heavy (non-hydrogen) atoms. The van der Waals surface area contributed by atoms with Crippen molar-refractivity contribution in [1.29, 1.82) is 0 Å². The van der Waals surface area contributed by atoms with E-state index in [9.17, 15) is 8.42 Å². The first-order chi connectivity index (χ1) is 9.97. The van der Waals surface area contributed by atoms with E-state index in [1.807, 2.05) is 24.4 Å². The average Bonchev–Trinajstić information content (AvgIpc) is 2.99. The SMILES string of the molecule is CCC(NS(=O)(=O)c1cc(CO)ccc1Cl)c1cccs1. The van der Waals surface area contributed by atoms with Crippen LogP contribution in [0.25, 0.3) is 0 Å². The molecule has 2 N–H and O–H groups in total. The molecule has 0 saturated heterocycles. The van der Waals surface area contributed by atoms with Gasteiger partial charge in [0.1, 0.15) is 4.90 Å². The Kier molecular flexibility index (Phi) is 5.40. The smallest absolute Gasteiger partial charge is 0.242 e. The second-order valence-corrected chi connectivity index (χ2v) is 7.59.